The second-order valence-corrected chi connectivity index (χ2v) is 4.45. The molecular formula is C11H18FN3S. The Bertz CT molecular complexity index is 333. The van der Waals surface area contributed by atoms with Gasteiger partial charge in [0.1, 0.15) is 6.33 Å². The van der Waals surface area contributed by atoms with Gasteiger partial charge in [-0.3, -0.25) is 0 Å². The van der Waals surface area contributed by atoms with E-state index in [1.165, 1.54) is 6.33 Å². The summed E-state index contributed by atoms with van der Waals surface area (Å²) in [6, 6.07) is 0.254. The molecule has 0 aliphatic rings. The molecule has 1 aromatic rings. The minimum atomic E-state index is -0.315. The molecule has 1 aromatic heterocycles. The van der Waals surface area contributed by atoms with E-state index in [1.807, 2.05) is 13.2 Å². The van der Waals surface area contributed by atoms with E-state index in [9.17, 15) is 4.39 Å². The first-order chi connectivity index (χ1) is 7.72. The van der Waals surface area contributed by atoms with E-state index in [4.69, 9.17) is 0 Å². The van der Waals surface area contributed by atoms with Crippen LogP contribution in [0.5, 0.6) is 0 Å². The molecule has 0 aromatic carbocycles. The van der Waals surface area contributed by atoms with Crippen molar-refractivity contribution in [1.82, 2.24) is 9.97 Å². The van der Waals surface area contributed by atoms with Crippen molar-refractivity contribution in [2.24, 2.45) is 0 Å². The van der Waals surface area contributed by atoms with Gasteiger partial charge in [-0.05, 0) is 19.1 Å². The van der Waals surface area contributed by atoms with Gasteiger partial charge in [-0.15, -0.1) is 0 Å². The van der Waals surface area contributed by atoms with Crippen molar-refractivity contribution in [3.8, 4) is 0 Å². The summed E-state index contributed by atoms with van der Waals surface area (Å²) in [5, 5.41) is 3.13. The Hall–Kier alpha value is -0.840. The van der Waals surface area contributed by atoms with Crippen LogP contribution in [-0.4, -0.2) is 28.0 Å². The van der Waals surface area contributed by atoms with Crippen LogP contribution in [0, 0.1) is 5.82 Å². The Morgan fingerprint density at radius 2 is 2.19 bits per heavy atom. The lowest BCUT2D eigenvalue weighted by atomic mass is 10.2. The fraction of sp³-hybridized carbons (Fsp3) is 0.636. The van der Waals surface area contributed by atoms with Gasteiger partial charge in [0, 0.05) is 11.8 Å². The van der Waals surface area contributed by atoms with Gasteiger partial charge < -0.3 is 5.32 Å². The van der Waals surface area contributed by atoms with Gasteiger partial charge in [0.05, 0.1) is 5.69 Å². The molecule has 1 rings (SSSR count). The summed E-state index contributed by atoms with van der Waals surface area (Å²) in [6.45, 7) is 3.96. The third-order valence-electron chi connectivity index (χ3n) is 2.40. The third kappa shape index (κ3) is 3.33. The Labute approximate surface area is 100 Å². The maximum Gasteiger partial charge on any atom is 0.186 e. The fourth-order valence-electron chi connectivity index (χ4n) is 1.41. The molecule has 3 nitrogen and oxygen atoms in total. The summed E-state index contributed by atoms with van der Waals surface area (Å²) < 4.78 is 13.8. The minimum absolute atomic E-state index is 0.254. The van der Waals surface area contributed by atoms with Crippen molar-refractivity contribution in [1.29, 1.82) is 0 Å². The highest BCUT2D eigenvalue weighted by atomic mass is 32.2. The maximum absolute atomic E-state index is 13.8. The molecule has 0 amide bonds. The van der Waals surface area contributed by atoms with Crippen LogP contribution >= 0.6 is 11.8 Å². The Morgan fingerprint density at radius 1 is 1.44 bits per heavy atom. The molecule has 0 saturated heterocycles. The highest BCUT2D eigenvalue weighted by molar-refractivity contribution is 7.98. The van der Waals surface area contributed by atoms with E-state index >= 15 is 0 Å². The van der Waals surface area contributed by atoms with Crippen LogP contribution < -0.4 is 5.32 Å². The highest BCUT2D eigenvalue weighted by Crippen LogP contribution is 2.16. The molecule has 0 fully saturated rings. The maximum atomic E-state index is 13.8. The zero-order valence-corrected chi connectivity index (χ0v) is 10.8. The van der Waals surface area contributed by atoms with E-state index < -0.39 is 0 Å². The number of aryl methyl sites for hydroxylation is 1. The van der Waals surface area contributed by atoms with Crippen molar-refractivity contribution in [3.63, 3.8) is 0 Å². The van der Waals surface area contributed by atoms with Gasteiger partial charge in [-0.25, -0.2) is 14.4 Å². The van der Waals surface area contributed by atoms with Crippen molar-refractivity contribution in [2.75, 3.05) is 17.3 Å². The zero-order chi connectivity index (χ0) is 12.0. The first-order valence-electron chi connectivity index (χ1n) is 5.47. The lowest BCUT2D eigenvalue weighted by Crippen LogP contribution is -2.23. The number of hydrogen-bond donors (Lipinski definition) is 1. The molecule has 0 spiro atoms. The summed E-state index contributed by atoms with van der Waals surface area (Å²) in [5.74, 6) is 0.957. The summed E-state index contributed by atoms with van der Waals surface area (Å²) >= 11 is 1.74. The van der Waals surface area contributed by atoms with Crippen LogP contribution in [0.15, 0.2) is 6.33 Å². The molecule has 5 heteroatoms. The monoisotopic (exact) mass is 243 g/mol. The number of anilines is 1. The van der Waals surface area contributed by atoms with Crippen LogP contribution in [0.4, 0.5) is 10.2 Å². The van der Waals surface area contributed by atoms with Gasteiger partial charge >= 0.3 is 0 Å². The molecule has 1 heterocycles. The summed E-state index contributed by atoms with van der Waals surface area (Å²) in [5.41, 5.74) is 0.469. The van der Waals surface area contributed by atoms with E-state index in [1.54, 1.807) is 11.8 Å². The molecule has 1 N–H and O–H groups in total. The second-order valence-electron chi connectivity index (χ2n) is 3.54. The molecule has 90 valence electrons. The van der Waals surface area contributed by atoms with Crippen molar-refractivity contribution < 1.29 is 4.39 Å². The molecule has 1 atom stereocenters. The Morgan fingerprint density at radius 3 is 2.75 bits per heavy atom. The number of hydrogen-bond acceptors (Lipinski definition) is 4. The van der Waals surface area contributed by atoms with Crippen molar-refractivity contribution >= 4 is 17.6 Å². The van der Waals surface area contributed by atoms with Gasteiger partial charge in [-0.1, -0.05) is 13.8 Å². The predicted molar refractivity (Wildman–Crippen MR) is 67.5 cm³/mol. The fourth-order valence-corrected chi connectivity index (χ4v) is 2.13. The van der Waals surface area contributed by atoms with E-state index in [0.29, 0.717) is 17.9 Å². The Balaban J connectivity index is 2.79. The van der Waals surface area contributed by atoms with E-state index in [-0.39, 0.29) is 11.9 Å². The molecule has 1 unspecified atom stereocenters. The normalized spacial score (nSPS) is 12.5. The first kappa shape index (κ1) is 13.2. The third-order valence-corrected chi connectivity index (χ3v) is 3.13. The SMILES string of the molecule is CCc1ncnc(NC(CC)CSC)c1F. The van der Waals surface area contributed by atoms with Crippen LogP contribution in [0.3, 0.4) is 0 Å². The number of rotatable bonds is 6. The highest BCUT2D eigenvalue weighted by Gasteiger charge is 2.13. The molecule has 0 radical (unpaired) electrons. The largest absolute Gasteiger partial charge is 0.364 e. The number of nitrogens with one attached hydrogen (secondary N) is 1. The number of nitrogens with zero attached hydrogens (tertiary/aromatic N) is 2. The van der Waals surface area contributed by atoms with Crippen molar-refractivity contribution in [2.45, 2.75) is 32.7 Å². The number of halogens is 1. The van der Waals surface area contributed by atoms with Gasteiger partial charge in [0.25, 0.3) is 0 Å². The van der Waals surface area contributed by atoms with Gasteiger partial charge in [0.15, 0.2) is 11.6 Å². The smallest absolute Gasteiger partial charge is 0.186 e. The Kier molecular flexibility index (Phi) is 5.52. The van der Waals surface area contributed by atoms with Gasteiger partial charge in [0.2, 0.25) is 0 Å². The standard InChI is InChI=1S/C11H18FN3S/c1-4-8(6-16-3)15-11-10(12)9(5-2)13-7-14-11/h7-8H,4-6H2,1-3H3,(H,13,14,15). The lowest BCUT2D eigenvalue weighted by molar-refractivity contribution is 0.592. The summed E-state index contributed by atoms with van der Waals surface area (Å²) in [7, 11) is 0. The first-order valence-corrected chi connectivity index (χ1v) is 6.87. The van der Waals surface area contributed by atoms with Crippen molar-refractivity contribution in [3.05, 3.63) is 17.8 Å². The van der Waals surface area contributed by atoms with Crippen LogP contribution in [0.1, 0.15) is 26.0 Å². The van der Waals surface area contributed by atoms with Crippen LogP contribution in [0.2, 0.25) is 0 Å². The molecule has 16 heavy (non-hydrogen) atoms. The zero-order valence-electron chi connectivity index (χ0n) is 9.96. The lowest BCUT2D eigenvalue weighted by Gasteiger charge is -2.17. The molecule has 0 saturated carbocycles. The van der Waals surface area contributed by atoms with Crippen LogP contribution in [-0.2, 0) is 6.42 Å². The predicted octanol–water partition coefficient (Wildman–Crippen LogP) is 2.73. The number of aromatic nitrogens is 2. The van der Waals surface area contributed by atoms with Crippen LogP contribution in [0.25, 0.3) is 0 Å². The molecule has 0 bridgehead atoms. The average Bonchev–Trinajstić information content (AvgIpc) is 2.31. The molecule has 0 aliphatic carbocycles. The summed E-state index contributed by atoms with van der Waals surface area (Å²) in [4.78, 5) is 7.86. The molecular weight excluding hydrogens is 225 g/mol. The summed E-state index contributed by atoms with van der Waals surface area (Å²) in [6.07, 6.45) is 4.99. The van der Waals surface area contributed by atoms with Gasteiger partial charge in [-0.2, -0.15) is 11.8 Å². The quantitative estimate of drug-likeness (QED) is 0.833. The average molecular weight is 243 g/mol. The van der Waals surface area contributed by atoms with E-state index in [2.05, 4.69) is 22.2 Å². The number of thioether (sulfide) groups is 1. The second kappa shape index (κ2) is 6.68. The minimum Gasteiger partial charge on any atom is -0.364 e. The van der Waals surface area contributed by atoms with E-state index in [0.717, 1.165) is 12.2 Å². The topological polar surface area (TPSA) is 37.8 Å². The molecule has 0 aliphatic heterocycles.